The fraction of sp³-hybridized carbons (Fsp3) is 0.118. The van der Waals surface area contributed by atoms with Gasteiger partial charge >= 0.3 is 0 Å². The van der Waals surface area contributed by atoms with Crippen molar-refractivity contribution >= 4 is 38.4 Å². The highest BCUT2D eigenvalue weighted by molar-refractivity contribution is 9.10. The molecule has 2 heterocycles. The zero-order chi connectivity index (χ0) is 15.5. The molecule has 1 unspecified atom stereocenters. The Labute approximate surface area is 135 Å². The summed E-state index contributed by atoms with van der Waals surface area (Å²) in [6.07, 6.45) is 1.71. The summed E-state index contributed by atoms with van der Waals surface area (Å²) in [5, 5.41) is 14.8. The first-order valence-electron chi connectivity index (χ1n) is 6.92. The van der Waals surface area contributed by atoms with Gasteiger partial charge in [-0.05, 0) is 37.3 Å². The van der Waals surface area contributed by atoms with Crippen LogP contribution in [0.1, 0.15) is 16.7 Å². The van der Waals surface area contributed by atoms with E-state index in [0.29, 0.717) is 16.8 Å². The molecule has 0 radical (unpaired) electrons. The number of H-pyrrole nitrogens is 1. The van der Waals surface area contributed by atoms with E-state index < -0.39 is 11.5 Å². The maximum Gasteiger partial charge on any atom is 0.265 e. The first-order valence-corrected chi connectivity index (χ1v) is 7.71. The van der Waals surface area contributed by atoms with Crippen molar-refractivity contribution in [1.82, 2.24) is 4.98 Å². The Bertz CT molecular complexity index is 932. The predicted molar refractivity (Wildman–Crippen MR) is 88.8 cm³/mol. The van der Waals surface area contributed by atoms with Crippen LogP contribution in [0, 0.1) is 6.92 Å². The lowest BCUT2D eigenvalue weighted by molar-refractivity contribution is -0.129. The number of carbonyl (C=O) groups is 1. The summed E-state index contributed by atoms with van der Waals surface area (Å²) < 4.78 is 0.817. The van der Waals surface area contributed by atoms with Crippen molar-refractivity contribution in [3.8, 4) is 0 Å². The van der Waals surface area contributed by atoms with Gasteiger partial charge in [0.05, 0.1) is 0 Å². The summed E-state index contributed by atoms with van der Waals surface area (Å²) >= 11 is 3.40. The van der Waals surface area contributed by atoms with Crippen LogP contribution in [-0.2, 0) is 10.4 Å². The molecule has 4 rings (SSSR count). The van der Waals surface area contributed by atoms with Gasteiger partial charge in [-0.2, -0.15) is 0 Å². The Balaban J connectivity index is 2.03. The van der Waals surface area contributed by atoms with Crippen molar-refractivity contribution in [2.45, 2.75) is 12.5 Å². The van der Waals surface area contributed by atoms with E-state index in [1.54, 1.807) is 18.3 Å². The minimum atomic E-state index is -1.69. The van der Waals surface area contributed by atoms with Gasteiger partial charge in [0.25, 0.3) is 5.91 Å². The van der Waals surface area contributed by atoms with Crippen molar-refractivity contribution in [3.63, 3.8) is 0 Å². The van der Waals surface area contributed by atoms with Gasteiger partial charge in [0.15, 0.2) is 5.60 Å². The Hall–Kier alpha value is -2.11. The number of halogens is 1. The van der Waals surface area contributed by atoms with Crippen molar-refractivity contribution in [2.75, 3.05) is 5.32 Å². The second kappa shape index (κ2) is 4.44. The average molecular weight is 357 g/mol. The van der Waals surface area contributed by atoms with Crippen LogP contribution in [0.2, 0.25) is 0 Å². The van der Waals surface area contributed by atoms with Gasteiger partial charge in [-0.1, -0.05) is 27.6 Å². The number of benzene rings is 2. The minimum absolute atomic E-state index is 0.428. The lowest BCUT2D eigenvalue weighted by Crippen LogP contribution is -2.35. The van der Waals surface area contributed by atoms with E-state index in [1.807, 2.05) is 31.2 Å². The van der Waals surface area contributed by atoms with Crippen LogP contribution >= 0.6 is 15.9 Å². The molecule has 3 aromatic rings. The number of aryl methyl sites for hydroxylation is 1. The molecule has 5 heteroatoms. The maximum atomic E-state index is 12.5. The molecule has 22 heavy (non-hydrogen) atoms. The molecule has 1 amide bonds. The molecule has 0 saturated heterocycles. The third kappa shape index (κ3) is 1.69. The van der Waals surface area contributed by atoms with Gasteiger partial charge in [0.2, 0.25) is 0 Å². The highest BCUT2D eigenvalue weighted by Crippen LogP contribution is 2.44. The van der Waals surface area contributed by atoms with E-state index in [2.05, 4.69) is 26.2 Å². The maximum absolute atomic E-state index is 12.5. The molecule has 3 N–H and O–H groups in total. The first-order chi connectivity index (χ1) is 10.5. The molecule has 1 atom stereocenters. The largest absolute Gasteiger partial charge is 0.372 e. The van der Waals surface area contributed by atoms with Gasteiger partial charge in [-0.3, -0.25) is 4.79 Å². The third-order valence-corrected chi connectivity index (χ3v) is 4.67. The Morgan fingerprint density at radius 1 is 1.14 bits per heavy atom. The highest BCUT2D eigenvalue weighted by Gasteiger charge is 2.48. The number of hydrogen-bond acceptors (Lipinski definition) is 2. The number of nitrogens with one attached hydrogen (secondary N) is 2. The topological polar surface area (TPSA) is 65.1 Å². The van der Waals surface area contributed by atoms with Gasteiger partial charge in [-0.25, -0.2) is 0 Å². The number of hydrogen-bond donors (Lipinski definition) is 3. The van der Waals surface area contributed by atoms with Gasteiger partial charge < -0.3 is 15.4 Å². The standard InChI is InChI=1S/C17H13BrN2O2/c1-9-2-4-14-11(6-9)13(8-19-14)17(22)12-7-10(18)3-5-15(12)20-16(17)21/h2-8,19,22H,1H3,(H,20,21). The molecule has 0 saturated carbocycles. The molecule has 110 valence electrons. The smallest absolute Gasteiger partial charge is 0.265 e. The fourth-order valence-corrected chi connectivity index (χ4v) is 3.42. The zero-order valence-electron chi connectivity index (χ0n) is 11.8. The van der Waals surface area contributed by atoms with Crippen molar-refractivity contribution < 1.29 is 9.90 Å². The van der Waals surface area contributed by atoms with Crippen LogP contribution in [0.4, 0.5) is 5.69 Å². The van der Waals surface area contributed by atoms with E-state index in [1.165, 1.54) is 0 Å². The number of carbonyl (C=O) groups excluding carboxylic acids is 1. The predicted octanol–water partition coefficient (Wildman–Crippen LogP) is 3.43. The Morgan fingerprint density at radius 2 is 1.95 bits per heavy atom. The lowest BCUT2D eigenvalue weighted by atomic mass is 9.87. The van der Waals surface area contributed by atoms with E-state index in [0.717, 1.165) is 20.9 Å². The normalized spacial score (nSPS) is 20.2. The van der Waals surface area contributed by atoms with Crippen LogP contribution in [0.3, 0.4) is 0 Å². The number of anilines is 1. The Kier molecular flexibility index (Phi) is 2.74. The van der Waals surface area contributed by atoms with Gasteiger partial charge in [0.1, 0.15) is 0 Å². The number of aromatic amines is 1. The zero-order valence-corrected chi connectivity index (χ0v) is 13.4. The number of aliphatic hydroxyl groups is 1. The fourth-order valence-electron chi connectivity index (χ4n) is 3.06. The van der Waals surface area contributed by atoms with Crippen LogP contribution in [0.15, 0.2) is 47.1 Å². The van der Waals surface area contributed by atoms with E-state index >= 15 is 0 Å². The molecule has 1 aliphatic rings. The first kappa shape index (κ1) is 13.5. The van der Waals surface area contributed by atoms with Crippen LogP contribution < -0.4 is 5.32 Å². The molecule has 0 spiro atoms. The van der Waals surface area contributed by atoms with E-state index in [9.17, 15) is 9.90 Å². The molecule has 0 bridgehead atoms. The summed E-state index contributed by atoms with van der Waals surface area (Å²) in [6.45, 7) is 1.99. The molecule has 2 aromatic carbocycles. The monoisotopic (exact) mass is 356 g/mol. The summed E-state index contributed by atoms with van der Waals surface area (Å²) in [7, 11) is 0. The van der Waals surface area contributed by atoms with Crippen LogP contribution in [0.5, 0.6) is 0 Å². The van der Waals surface area contributed by atoms with Gasteiger partial charge in [0, 0.05) is 38.4 Å². The molecule has 0 fully saturated rings. The number of amides is 1. The number of rotatable bonds is 1. The quantitative estimate of drug-likeness (QED) is 0.625. The number of aromatic nitrogens is 1. The summed E-state index contributed by atoms with van der Waals surface area (Å²) in [6, 6.07) is 11.3. The second-order valence-corrected chi connectivity index (χ2v) is 6.52. The second-order valence-electron chi connectivity index (χ2n) is 5.61. The average Bonchev–Trinajstić information content (AvgIpc) is 3.00. The third-order valence-electron chi connectivity index (χ3n) is 4.18. The van der Waals surface area contributed by atoms with Gasteiger partial charge in [-0.15, -0.1) is 0 Å². The molecule has 4 nitrogen and oxygen atoms in total. The van der Waals surface area contributed by atoms with E-state index in [-0.39, 0.29) is 0 Å². The summed E-state index contributed by atoms with van der Waals surface area (Å²) in [5.41, 5.74) is 2.05. The molecular formula is C17H13BrN2O2. The van der Waals surface area contributed by atoms with E-state index in [4.69, 9.17) is 0 Å². The number of fused-ring (bicyclic) bond motifs is 2. The van der Waals surface area contributed by atoms with Crippen LogP contribution in [0.25, 0.3) is 10.9 Å². The minimum Gasteiger partial charge on any atom is -0.372 e. The molecule has 1 aromatic heterocycles. The van der Waals surface area contributed by atoms with Crippen molar-refractivity contribution in [3.05, 3.63) is 63.8 Å². The molecular weight excluding hydrogens is 344 g/mol. The highest BCUT2D eigenvalue weighted by atomic mass is 79.9. The lowest BCUT2D eigenvalue weighted by Gasteiger charge is -2.20. The molecule has 1 aliphatic heterocycles. The molecule has 0 aliphatic carbocycles. The SMILES string of the molecule is Cc1ccc2[nH]cc(C3(O)C(=O)Nc4ccc(Br)cc43)c2c1. The Morgan fingerprint density at radius 3 is 2.77 bits per heavy atom. The van der Waals surface area contributed by atoms with Crippen LogP contribution in [-0.4, -0.2) is 16.0 Å². The van der Waals surface area contributed by atoms with Crippen molar-refractivity contribution in [1.29, 1.82) is 0 Å². The summed E-state index contributed by atoms with van der Waals surface area (Å²) in [4.78, 5) is 15.6. The summed E-state index contributed by atoms with van der Waals surface area (Å²) in [5.74, 6) is -0.428. The van der Waals surface area contributed by atoms with Crippen molar-refractivity contribution in [2.24, 2.45) is 0 Å².